The fraction of sp³-hybridized carbons (Fsp3) is 0.615. The van der Waals surface area contributed by atoms with Gasteiger partial charge in [0.15, 0.2) is 0 Å². The number of aromatic nitrogens is 2. The van der Waals surface area contributed by atoms with E-state index in [-0.39, 0.29) is 12.5 Å². The van der Waals surface area contributed by atoms with E-state index in [1.54, 1.807) is 12.4 Å². The number of hydrogen-bond acceptors (Lipinski definition) is 5. The van der Waals surface area contributed by atoms with Crippen molar-refractivity contribution in [2.24, 2.45) is 0 Å². The highest BCUT2D eigenvalue weighted by molar-refractivity contribution is 5.68. The van der Waals surface area contributed by atoms with Gasteiger partial charge in [-0.2, -0.15) is 0 Å². The Morgan fingerprint density at radius 1 is 1.37 bits per heavy atom. The quantitative estimate of drug-likeness (QED) is 0.825. The van der Waals surface area contributed by atoms with E-state index in [1.807, 2.05) is 20.8 Å². The molecule has 1 aromatic heterocycles. The average molecular weight is 265 g/mol. The maximum Gasteiger partial charge on any atom is 0.410 e. The normalized spacial score (nSPS) is 23.5. The van der Waals surface area contributed by atoms with Crippen LogP contribution < -0.4 is 0 Å². The zero-order chi connectivity index (χ0) is 14.0. The zero-order valence-electron chi connectivity index (χ0n) is 11.4. The Bertz CT molecular complexity index is 444. The van der Waals surface area contributed by atoms with Crippen molar-refractivity contribution in [2.45, 2.75) is 38.4 Å². The summed E-state index contributed by atoms with van der Waals surface area (Å²) in [6.07, 6.45) is 3.76. The fourth-order valence-electron chi connectivity index (χ4n) is 2.09. The third-order valence-electron chi connectivity index (χ3n) is 2.95. The van der Waals surface area contributed by atoms with Gasteiger partial charge in [0.2, 0.25) is 0 Å². The maximum absolute atomic E-state index is 11.9. The van der Waals surface area contributed by atoms with E-state index in [1.165, 1.54) is 11.2 Å². The van der Waals surface area contributed by atoms with Crippen molar-refractivity contribution in [1.82, 2.24) is 14.9 Å². The Labute approximate surface area is 112 Å². The Balaban J connectivity index is 2.04. The topological polar surface area (TPSA) is 75.5 Å². The van der Waals surface area contributed by atoms with Gasteiger partial charge in [0, 0.05) is 24.9 Å². The fourth-order valence-corrected chi connectivity index (χ4v) is 2.09. The number of ether oxygens (including phenoxy) is 1. The molecule has 1 aliphatic heterocycles. The number of nitrogens with zero attached hydrogens (tertiary/aromatic N) is 3. The molecule has 0 aliphatic carbocycles. The first-order valence-electron chi connectivity index (χ1n) is 6.28. The van der Waals surface area contributed by atoms with Gasteiger partial charge in [-0.1, -0.05) is 0 Å². The van der Waals surface area contributed by atoms with Crippen LogP contribution in [0.1, 0.15) is 32.3 Å². The van der Waals surface area contributed by atoms with Gasteiger partial charge in [0.05, 0.1) is 12.6 Å². The molecule has 104 valence electrons. The lowest BCUT2D eigenvalue weighted by Gasteiger charge is -2.24. The van der Waals surface area contributed by atoms with Crippen molar-refractivity contribution in [3.05, 3.63) is 24.3 Å². The van der Waals surface area contributed by atoms with Gasteiger partial charge in [-0.15, -0.1) is 0 Å². The van der Waals surface area contributed by atoms with Crippen LogP contribution in [-0.4, -0.2) is 50.9 Å². The Kier molecular flexibility index (Phi) is 3.71. The summed E-state index contributed by atoms with van der Waals surface area (Å²) in [5, 5.41) is 10.1. The zero-order valence-corrected chi connectivity index (χ0v) is 11.4. The van der Waals surface area contributed by atoms with Crippen molar-refractivity contribution < 1.29 is 14.6 Å². The standard InChI is InChI=1S/C13H19N3O3/c1-13(2,3)19-12(18)16-6-10(11(17)7-16)9-4-14-8-15-5-9/h4-5,8,10-11,17H,6-7H2,1-3H3. The number of likely N-dealkylation sites (tertiary alicyclic amines) is 1. The van der Waals surface area contributed by atoms with Crippen molar-refractivity contribution >= 4 is 6.09 Å². The largest absolute Gasteiger partial charge is 0.444 e. The molecule has 2 rings (SSSR count). The van der Waals surface area contributed by atoms with Crippen LogP contribution in [-0.2, 0) is 4.74 Å². The molecule has 2 atom stereocenters. The predicted molar refractivity (Wildman–Crippen MR) is 68.6 cm³/mol. The molecule has 6 heteroatoms. The van der Waals surface area contributed by atoms with Gasteiger partial charge in [-0.05, 0) is 26.3 Å². The summed E-state index contributed by atoms with van der Waals surface area (Å²) in [4.78, 5) is 21.3. The lowest BCUT2D eigenvalue weighted by molar-refractivity contribution is 0.0270. The second kappa shape index (κ2) is 5.13. The third-order valence-corrected chi connectivity index (χ3v) is 2.95. The van der Waals surface area contributed by atoms with Crippen molar-refractivity contribution in [2.75, 3.05) is 13.1 Å². The van der Waals surface area contributed by atoms with E-state index in [9.17, 15) is 9.90 Å². The summed E-state index contributed by atoms with van der Waals surface area (Å²) >= 11 is 0. The second-order valence-corrected chi connectivity index (χ2v) is 5.73. The molecular weight excluding hydrogens is 246 g/mol. The molecule has 2 heterocycles. The van der Waals surface area contributed by atoms with E-state index in [0.29, 0.717) is 6.54 Å². The number of β-amino-alcohol motifs (C(OH)–C–C–N with tert-alkyl or cyclic N) is 1. The molecule has 0 saturated carbocycles. The number of aliphatic hydroxyl groups excluding tert-OH is 1. The highest BCUT2D eigenvalue weighted by Crippen LogP contribution is 2.27. The van der Waals surface area contributed by atoms with E-state index in [4.69, 9.17) is 4.74 Å². The molecule has 1 saturated heterocycles. The molecule has 0 radical (unpaired) electrons. The summed E-state index contributed by atoms with van der Waals surface area (Å²) in [5.74, 6) is -0.159. The number of aliphatic hydroxyl groups is 1. The monoisotopic (exact) mass is 265 g/mol. The number of amides is 1. The van der Waals surface area contributed by atoms with Gasteiger partial charge in [0.1, 0.15) is 11.9 Å². The Morgan fingerprint density at radius 2 is 2.00 bits per heavy atom. The number of carbonyl (C=O) groups excluding carboxylic acids is 1. The minimum Gasteiger partial charge on any atom is -0.444 e. The summed E-state index contributed by atoms with van der Waals surface area (Å²) < 4.78 is 5.30. The van der Waals surface area contributed by atoms with Crippen molar-refractivity contribution in [1.29, 1.82) is 0 Å². The molecule has 0 aromatic carbocycles. The molecule has 1 fully saturated rings. The Hall–Kier alpha value is -1.69. The van der Waals surface area contributed by atoms with Crippen LogP contribution in [0.3, 0.4) is 0 Å². The van der Waals surface area contributed by atoms with Gasteiger partial charge in [0.25, 0.3) is 0 Å². The SMILES string of the molecule is CC(C)(C)OC(=O)N1CC(O)C(c2cncnc2)C1. The molecule has 6 nitrogen and oxygen atoms in total. The van der Waals surface area contributed by atoms with Crippen LogP contribution in [0.5, 0.6) is 0 Å². The number of carbonyl (C=O) groups is 1. The molecule has 2 unspecified atom stereocenters. The van der Waals surface area contributed by atoms with Gasteiger partial charge in [-0.3, -0.25) is 0 Å². The summed E-state index contributed by atoms with van der Waals surface area (Å²) in [6.45, 7) is 6.15. The summed E-state index contributed by atoms with van der Waals surface area (Å²) in [7, 11) is 0. The highest BCUT2D eigenvalue weighted by atomic mass is 16.6. The Morgan fingerprint density at radius 3 is 2.58 bits per heavy atom. The molecule has 19 heavy (non-hydrogen) atoms. The third kappa shape index (κ3) is 3.41. The van der Waals surface area contributed by atoms with Crippen LogP contribution in [0.25, 0.3) is 0 Å². The van der Waals surface area contributed by atoms with Crippen LogP contribution >= 0.6 is 0 Å². The number of rotatable bonds is 1. The summed E-state index contributed by atoms with van der Waals surface area (Å²) in [6, 6.07) is 0. The second-order valence-electron chi connectivity index (χ2n) is 5.73. The van der Waals surface area contributed by atoms with Gasteiger partial charge < -0.3 is 14.7 Å². The van der Waals surface area contributed by atoms with E-state index in [2.05, 4.69) is 9.97 Å². The lowest BCUT2D eigenvalue weighted by Crippen LogP contribution is -2.35. The molecule has 0 bridgehead atoms. The van der Waals surface area contributed by atoms with Crippen LogP contribution in [0.15, 0.2) is 18.7 Å². The first-order chi connectivity index (χ1) is 8.87. The molecule has 0 spiro atoms. The molecule has 1 N–H and O–H groups in total. The highest BCUT2D eigenvalue weighted by Gasteiger charge is 2.37. The van der Waals surface area contributed by atoms with E-state index in [0.717, 1.165) is 5.56 Å². The van der Waals surface area contributed by atoms with Crippen LogP contribution in [0.2, 0.25) is 0 Å². The average Bonchev–Trinajstić information content (AvgIpc) is 2.70. The molecule has 1 aromatic rings. The summed E-state index contributed by atoms with van der Waals surface area (Å²) in [5.41, 5.74) is 0.303. The predicted octanol–water partition coefficient (Wildman–Crippen LogP) is 1.17. The molecular formula is C13H19N3O3. The van der Waals surface area contributed by atoms with Crippen molar-refractivity contribution in [3.8, 4) is 0 Å². The van der Waals surface area contributed by atoms with E-state index >= 15 is 0 Å². The first-order valence-corrected chi connectivity index (χ1v) is 6.28. The molecule has 1 aliphatic rings. The minimum atomic E-state index is -0.612. The maximum atomic E-state index is 11.9. The smallest absolute Gasteiger partial charge is 0.410 e. The van der Waals surface area contributed by atoms with Crippen LogP contribution in [0, 0.1) is 0 Å². The lowest BCUT2D eigenvalue weighted by atomic mass is 9.99. The molecule has 1 amide bonds. The van der Waals surface area contributed by atoms with Gasteiger partial charge in [-0.25, -0.2) is 14.8 Å². The first kappa shape index (κ1) is 13.7. The van der Waals surface area contributed by atoms with Crippen molar-refractivity contribution in [3.63, 3.8) is 0 Å². The number of hydrogen-bond donors (Lipinski definition) is 1. The van der Waals surface area contributed by atoms with E-state index < -0.39 is 17.8 Å². The van der Waals surface area contributed by atoms with Crippen LogP contribution in [0.4, 0.5) is 4.79 Å². The van der Waals surface area contributed by atoms with Gasteiger partial charge >= 0.3 is 6.09 Å². The minimum absolute atomic E-state index is 0.159.